The third kappa shape index (κ3) is 4.94. The smallest absolute Gasteiger partial charge is 0.243 e. The molecule has 164 valence electrons. The summed E-state index contributed by atoms with van der Waals surface area (Å²) in [7, 11) is -3.48. The highest BCUT2D eigenvalue weighted by atomic mass is 32.2. The molecule has 1 saturated heterocycles. The van der Waals surface area contributed by atoms with Crippen LogP contribution in [0.4, 0.5) is 5.69 Å². The Morgan fingerprint density at radius 1 is 1.13 bits per heavy atom. The van der Waals surface area contributed by atoms with Crippen molar-refractivity contribution in [1.29, 1.82) is 0 Å². The van der Waals surface area contributed by atoms with Gasteiger partial charge in [-0.25, -0.2) is 13.4 Å². The normalized spacial score (nSPS) is 16.3. The molecular formula is C22H26N4O3S2. The van der Waals surface area contributed by atoms with Gasteiger partial charge in [-0.15, -0.1) is 0 Å². The van der Waals surface area contributed by atoms with Crippen molar-refractivity contribution in [3.63, 3.8) is 0 Å². The number of piperidine rings is 1. The van der Waals surface area contributed by atoms with Gasteiger partial charge in [0, 0.05) is 18.8 Å². The summed E-state index contributed by atoms with van der Waals surface area (Å²) < 4.78 is 27.0. The van der Waals surface area contributed by atoms with Crippen molar-refractivity contribution in [2.75, 3.05) is 18.4 Å². The molecule has 1 aliphatic rings. The summed E-state index contributed by atoms with van der Waals surface area (Å²) in [5.41, 5.74) is 3.52. The number of amides is 1. The van der Waals surface area contributed by atoms with E-state index in [-0.39, 0.29) is 16.1 Å². The van der Waals surface area contributed by atoms with Gasteiger partial charge in [-0.2, -0.15) is 4.31 Å². The third-order valence-electron chi connectivity index (χ3n) is 5.35. The van der Waals surface area contributed by atoms with Crippen molar-refractivity contribution in [2.45, 2.75) is 48.4 Å². The molecule has 2 heterocycles. The van der Waals surface area contributed by atoms with Crippen molar-refractivity contribution >= 4 is 44.4 Å². The van der Waals surface area contributed by atoms with Crippen LogP contribution in [0.1, 0.15) is 31.7 Å². The first-order valence-electron chi connectivity index (χ1n) is 10.4. The lowest BCUT2D eigenvalue weighted by atomic mass is 10.2. The fourth-order valence-corrected chi connectivity index (χ4v) is 5.92. The van der Waals surface area contributed by atoms with Crippen LogP contribution < -0.4 is 5.32 Å². The van der Waals surface area contributed by atoms with E-state index in [1.807, 2.05) is 32.0 Å². The van der Waals surface area contributed by atoms with E-state index in [9.17, 15) is 13.2 Å². The number of benzene rings is 2. The fourth-order valence-electron chi connectivity index (χ4n) is 3.59. The number of nitrogens with one attached hydrogen (secondary N) is 2. The van der Waals surface area contributed by atoms with Crippen molar-refractivity contribution in [1.82, 2.24) is 14.3 Å². The van der Waals surface area contributed by atoms with Gasteiger partial charge < -0.3 is 10.3 Å². The third-order valence-corrected chi connectivity index (χ3v) is 8.25. The predicted octanol–water partition coefficient (Wildman–Crippen LogP) is 4.17. The summed E-state index contributed by atoms with van der Waals surface area (Å²) in [4.78, 5) is 20.6. The largest absolute Gasteiger partial charge is 0.333 e. The van der Waals surface area contributed by atoms with E-state index >= 15 is 0 Å². The zero-order valence-corrected chi connectivity index (χ0v) is 19.2. The minimum Gasteiger partial charge on any atom is -0.333 e. The molecule has 7 nitrogen and oxygen atoms in total. The summed E-state index contributed by atoms with van der Waals surface area (Å²) in [6.45, 7) is 4.97. The van der Waals surface area contributed by atoms with Gasteiger partial charge in [-0.05, 0) is 68.7 Å². The number of nitrogens with zero attached hydrogens (tertiary/aromatic N) is 2. The van der Waals surface area contributed by atoms with Crippen molar-refractivity contribution in [2.24, 2.45) is 0 Å². The number of sulfonamides is 1. The first kappa shape index (κ1) is 21.9. The van der Waals surface area contributed by atoms with E-state index in [1.54, 1.807) is 24.3 Å². The number of aryl methyl sites for hydroxylation is 1. The molecule has 0 spiro atoms. The van der Waals surface area contributed by atoms with Gasteiger partial charge in [0.1, 0.15) is 0 Å². The molecule has 0 aliphatic carbocycles. The molecule has 1 aliphatic heterocycles. The number of aromatic amines is 1. The van der Waals surface area contributed by atoms with Crippen molar-refractivity contribution in [3.05, 3.63) is 48.0 Å². The van der Waals surface area contributed by atoms with Gasteiger partial charge in [-0.1, -0.05) is 24.2 Å². The zero-order valence-electron chi connectivity index (χ0n) is 17.6. The molecule has 0 radical (unpaired) electrons. The molecule has 9 heteroatoms. The maximum atomic E-state index is 12.8. The monoisotopic (exact) mass is 458 g/mol. The van der Waals surface area contributed by atoms with Crippen LogP contribution in [0.3, 0.4) is 0 Å². The number of hydrogen-bond donors (Lipinski definition) is 2. The van der Waals surface area contributed by atoms with Crippen LogP contribution in [0, 0.1) is 6.92 Å². The van der Waals surface area contributed by atoms with Crippen LogP contribution >= 0.6 is 11.8 Å². The first-order valence-corrected chi connectivity index (χ1v) is 12.7. The second-order valence-electron chi connectivity index (χ2n) is 7.80. The highest BCUT2D eigenvalue weighted by Crippen LogP contribution is 2.26. The molecule has 0 saturated carbocycles. The number of hydrogen-bond acceptors (Lipinski definition) is 5. The SMILES string of the molecule is Cc1ccc2nc(S[C@H](C)C(=O)Nc3ccc(S(=O)(=O)N4CCCCC4)cc3)[nH]c2c1. The van der Waals surface area contributed by atoms with Crippen molar-refractivity contribution < 1.29 is 13.2 Å². The molecule has 0 unspecified atom stereocenters. The average molecular weight is 459 g/mol. The number of anilines is 1. The quantitative estimate of drug-likeness (QED) is 0.541. The standard InChI is InChI=1S/C22H26N4O3S2/c1-15-6-11-19-20(14-15)25-22(24-19)30-16(2)21(27)23-17-7-9-18(10-8-17)31(28,29)26-12-4-3-5-13-26/h6-11,14,16H,3-5,12-13H2,1-2H3,(H,23,27)(H,24,25)/t16-/m1/s1. The number of H-pyrrole nitrogens is 1. The Labute approximate surface area is 186 Å². The predicted molar refractivity (Wildman–Crippen MR) is 124 cm³/mol. The molecule has 1 amide bonds. The maximum absolute atomic E-state index is 12.8. The van der Waals surface area contributed by atoms with Crippen molar-refractivity contribution in [3.8, 4) is 0 Å². The van der Waals surface area contributed by atoms with Crippen LogP contribution in [0.25, 0.3) is 11.0 Å². The Kier molecular flexibility index (Phi) is 6.36. The van der Waals surface area contributed by atoms with Crippen LogP contribution in [-0.4, -0.2) is 46.9 Å². The number of rotatable bonds is 6. The Morgan fingerprint density at radius 2 is 1.84 bits per heavy atom. The van der Waals surface area contributed by atoms with E-state index < -0.39 is 10.0 Å². The number of imidazole rings is 1. The van der Waals surface area contributed by atoms with Gasteiger partial charge in [-0.3, -0.25) is 4.79 Å². The van der Waals surface area contributed by atoms with Gasteiger partial charge in [0.25, 0.3) is 0 Å². The molecular weight excluding hydrogens is 432 g/mol. The second kappa shape index (κ2) is 9.02. The number of thioether (sulfide) groups is 1. The zero-order chi connectivity index (χ0) is 22.0. The molecule has 4 rings (SSSR count). The molecule has 1 aromatic heterocycles. The minimum atomic E-state index is -3.48. The Bertz CT molecular complexity index is 1180. The Hall–Kier alpha value is -2.36. The molecule has 0 bridgehead atoms. The molecule has 2 aromatic carbocycles. The molecule has 3 aromatic rings. The topological polar surface area (TPSA) is 95.2 Å². The number of carbonyl (C=O) groups excluding carboxylic acids is 1. The fraction of sp³-hybridized carbons (Fsp3) is 0.364. The molecule has 31 heavy (non-hydrogen) atoms. The van der Waals surface area contributed by atoms with Gasteiger partial charge >= 0.3 is 0 Å². The van der Waals surface area contributed by atoms with Crippen LogP contribution in [0.2, 0.25) is 0 Å². The Morgan fingerprint density at radius 3 is 2.55 bits per heavy atom. The minimum absolute atomic E-state index is 0.173. The summed E-state index contributed by atoms with van der Waals surface area (Å²) in [5.74, 6) is -0.173. The lowest BCUT2D eigenvalue weighted by molar-refractivity contribution is -0.115. The molecule has 1 atom stereocenters. The number of aromatic nitrogens is 2. The van der Waals surface area contributed by atoms with Gasteiger partial charge in [0.15, 0.2) is 5.16 Å². The summed E-state index contributed by atoms with van der Waals surface area (Å²) >= 11 is 1.35. The first-order chi connectivity index (χ1) is 14.8. The average Bonchev–Trinajstić information content (AvgIpc) is 3.16. The number of carbonyl (C=O) groups is 1. The van der Waals surface area contributed by atoms with E-state index in [2.05, 4.69) is 15.3 Å². The maximum Gasteiger partial charge on any atom is 0.243 e. The molecule has 1 fully saturated rings. The Balaban J connectivity index is 1.39. The summed E-state index contributed by atoms with van der Waals surface area (Å²) in [6, 6.07) is 12.4. The van der Waals surface area contributed by atoms with Gasteiger partial charge in [0.2, 0.25) is 15.9 Å². The van der Waals surface area contributed by atoms with E-state index in [4.69, 9.17) is 0 Å². The van der Waals surface area contributed by atoms with Crippen LogP contribution in [0.15, 0.2) is 52.5 Å². The second-order valence-corrected chi connectivity index (χ2v) is 11.1. The van der Waals surface area contributed by atoms with Gasteiger partial charge in [0.05, 0.1) is 21.2 Å². The van der Waals surface area contributed by atoms with Crippen LogP contribution in [0.5, 0.6) is 0 Å². The lowest BCUT2D eigenvalue weighted by Crippen LogP contribution is -2.35. The molecule has 2 N–H and O–H groups in total. The van der Waals surface area contributed by atoms with E-state index in [0.29, 0.717) is 23.9 Å². The highest BCUT2D eigenvalue weighted by Gasteiger charge is 2.26. The lowest BCUT2D eigenvalue weighted by Gasteiger charge is -2.25. The van der Waals surface area contributed by atoms with E-state index in [0.717, 1.165) is 35.9 Å². The van der Waals surface area contributed by atoms with E-state index in [1.165, 1.54) is 16.1 Å². The summed E-state index contributed by atoms with van der Waals surface area (Å²) in [5, 5.41) is 3.16. The highest BCUT2D eigenvalue weighted by molar-refractivity contribution is 8.00. The number of fused-ring (bicyclic) bond motifs is 1. The van der Waals surface area contributed by atoms with Crippen LogP contribution in [-0.2, 0) is 14.8 Å². The summed E-state index contributed by atoms with van der Waals surface area (Å²) in [6.07, 6.45) is 2.86.